The van der Waals surface area contributed by atoms with Crippen molar-refractivity contribution in [2.75, 3.05) is 26.2 Å². The van der Waals surface area contributed by atoms with Gasteiger partial charge in [0.2, 0.25) is 23.6 Å². The molecule has 11 heteroatoms. The lowest BCUT2D eigenvalue weighted by molar-refractivity contribution is -0.132. The summed E-state index contributed by atoms with van der Waals surface area (Å²) in [5.41, 5.74) is 0.224. The van der Waals surface area contributed by atoms with Gasteiger partial charge in [-0.3, -0.25) is 24.0 Å². The van der Waals surface area contributed by atoms with Crippen molar-refractivity contribution in [3.63, 3.8) is 0 Å². The van der Waals surface area contributed by atoms with E-state index in [-0.39, 0.29) is 54.8 Å². The van der Waals surface area contributed by atoms with E-state index in [1.807, 2.05) is 27.7 Å². The number of amides is 5. The Morgan fingerprint density at radius 1 is 1.10 bits per heavy atom. The fraction of sp³-hybridized carbons (Fsp3) is 0.633. The van der Waals surface area contributed by atoms with Gasteiger partial charge in [0.1, 0.15) is 24.4 Å². The third-order valence-corrected chi connectivity index (χ3v) is 7.57. The van der Waals surface area contributed by atoms with Gasteiger partial charge in [0.15, 0.2) is 0 Å². The van der Waals surface area contributed by atoms with E-state index in [9.17, 15) is 24.0 Å². The van der Waals surface area contributed by atoms with Gasteiger partial charge in [0.25, 0.3) is 5.91 Å². The zero-order chi connectivity index (χ0) is 29.9. The monoisotopic (exact) mass is 571 g/mol. The molecule has 0 radical (unpaired) electrons. The van der Waals surface area contributed by atoms with Crippen molar-refractivity contribution in [3.8, 4) is 5.75 Å². The Hall–Kier alpha value is -3.63. The first kappa shape index (κ1) is 31.9. The molecule has 1 aromatic carbocycles. The largest absolute Gasteiger partial charge is 0.491 e. The van der Waals surface area contributed by atoms with Crippen LogP contribution in [0.3, 0.4) is 0 Å². The van der Waals surface area contributed by atoms with E-state index in [0.29, 0.717) is 38.0 Å². The summed E-state index contributed by atoms with van der Waals surface area (Å²) in [4.78, 5) is 66.7. The van der Waals surface area contributed by atoms with Gasteiger partial charge in [-0.15, -0.1) is 0 Å². The van der Waals surface area contributed by atoms with Crippen LogP contribution in [0.25, 0.3) is 0 Å². The lowest BCUT2D eigenvalue weighted by atomic mass is 9.96. The number of fused-ring (bicyclic) bond motifs is 1. The molecule has 0 saturated carbocycles. The number of ether oxygens (including phenoxy) is 1. The van der Waals surface area contributed by atoms with Gasteiger partial charge in [0.05, 0.1) is 18.0 Å². The van der Waals surface area contributed by atoms with Gasteiger partial charge < -0.3 is 30.9 Å². The molecular formula is C30H45N5O6. The minimum atomic E-state index is -1.18. The number of carbonyl (C=O) groups excluding carboxylic acids is 5. The maximum Gasteiger partial charge on any atom is 0.255 e. The topological polar surface area (TPSA) is 146 Å². The maximum absolute atomic E-state index is 13.4. The Bertz CT molecular complexity index is 1090. The Morgan fingerprint density at radius 3 is 2.54 bits per heavy atom. The fourth-order valence-corrected chi connectivity index (χ4v) is 5.11. The molecule has 2 heterocycles. The van der Waals surface area contributed by atoms with Gasteiger partial charge >= 0.3 is 0 Å². The summed E-state index contributed by atoms with van der Waals surface area (Å²) in [6.45, 7) is 9.58. The molecule has 1 aromatic rings. The van der Waals surface area contributed by atoms with Gasteiger partial charge in [0, 0.05) is 26.1 Å². The van der Waals surface area contributed by atoms with E-state index in [1.54, 1.807) is 29.2 Å². The number of benzene rings is 1. The molecule has 0 aliphatic carbocycles. The molecule has 0 aromatic heterocycles. The van der Waals surface area contributed by atoms with Crippen LogP contribution < -0.4 is 26.0 Å². The smallest absolute Gasteiger partial charge is 0.255 e. The molecule has 11 nitrogen and oxygen atoms in total. The normalized spacial score (nSPS) is 23.0. The first-order valence-electron chi connectivity index (χ1n) is 14.8. The highest BCUT2D eigenvalue weighted by Gasteiger charge is 2.32. The summed E-state index contributed by atoms with van der Waals surface area (Å²) < 4.78 is 6.04. The van der Waals surface area contributed by atoms with Crippen LogP contribution in [0, 0.1) is 11.8 Å². The molecule has 2 aliphatic rings. The number of carbonyl (C=O) groups is 5. The summed E-state index contributed by atoms with van der Waals surface area (Å²) in [5.74, 6) is -1.35. The zero-order valence-electron chi connectivity index (χ0n) is 24.7. The summed E-state index contributed by atoms with van der Waals surface area (Å²) in [6.07, 6.45) is 2.89. The molecule has 0 spiro atoms. The zero-order valence-corrected chi connectivity index (χ0v) is 24.7. The standard InChI is InChI=1S/C30H45N5O6/c1-5-20(4)27-30(40)32-21(16-19(2)3)18-41-24-11-7-6-10-22(24)28(38)33-23(17-25(36)34-27)29(39)31-13-9-15-35-14-8-12-26(35)37/h6-7,10-11,19-21,23,27H,5,8-9,12-18H2,1-4H3,(H,31,39)(H,32,40)(H,33,38)(H,34,36)/t20-,21+,23-,27-/m0/s1. The van der Waals surface area contributed by atoms with Crippen molar-refractivity contribution < 1.29 is 28.7 Å². The van der Waals surface area contributed by atoms with Crippen LogP contribution in [-0.2, 0) is 19.2 Å². The SMILES string of the molecule is CC[C@H](C)[C@@H]1NC(=O)C[C@@H](C(=O)NCCCN2CCCC2=O)NC(=O)c2ccccc2OC[C@@H](CC(C)C)NC1=O. The number of nitrogens with zero attached hydrogens (tertiary/aromatic N) is 1. The van der Waals surface area contributed by atoms with Crippen LogP contribution in [0.2, 0.25) is 0 Å². The van der Waals surface area contributed by atoms with Gasteiger partial charge in [-0.2, -0.15) is 0 Å². The number of likely N-dealkylation sites (tertiary alicyclic amines) is 1. The van der Waals surface area contributed by atoms with Crippen molar-refractivity contribution >= 4 is 29.5 Å². The highest BCUT2D eigenvalue weighted by atomic mass is 16.5. The molecule has 1 saturated heterocycles. The minimum Gasteiger partial charge on any atom is -0.491 e. The van der Waals surface area contributed by atoms with Crippen LogP contribution in [0.5, 0.6) is 5.75 Å². The first-order chi connectivity index (χ1) is 19.6. The third-order valence-electron chi connectivity index (χ3n) is 7.57. The predicted molar refractivity (Wildman–Crippen MR) is 154 cm³/mol. The highest BCUT2D eigenvalue weighted by Crippen LogP contribution is 2.20. The van der Waals surface area contributed by atoms with E-state index in [4.69, 9.17) is 4.74 Å². The Kier molecular flexibility index (Phi) is 12.0. The summed E-state index contributed by atoms with van der Waals surface area (Å²) in [6, 6.07) is 4.37. The molecule has 0 unspecified atom stereocenters. The molecule has 4 N–H and O–H groups in total. The number of hydrogen-bond donors (Lipinski definition) is 4. The van der Waals surface area contributed by atoms with E-state index in [2.05, 4.69) is 21.3 Å². The second kappa shape index (κ2) is 15.4. The number of hydrogen-bond acceptors (Lipinski definition) is 6. The summed E-state index contributed by atoms with van der Waals surface area (Å²) in [5, 5.41) is 11.3. The Morgan fingerprint density at radius 2 is 1.85 bits per heavy atom. The van der Waals surface area contributed by atoms with Crippen molar-refractivity contribution in [1.29, 1.82) is 0 Å². The quantitative estimate of drug-likeness (QED) is 0.332. The second-order valence-corrected chi connectivity index (χ2v) is 11.4. The van der Waals surface area contributed by atoms with Crippen LogP contribution in [0.1, 0.15) is 76.6 Å². The van der Waals surface area contributed by atoms with Gasteiger partial charge in [-0.05, 0) is 43.2 Å². The summed E-state index contributed by atoms with van der Waals surface area (Å²) >= 11 is 0. The lowest BCUT2D eigenvalue weighted by Gasteiger charge is -2.29. The second-order valence-electron chi connectivity index (χ2n) is 11.4. The number of nitrogens with one attached hydrogen (secondary N) is 4. The molecular weight excluding hydrogens is 526 g/mol. The van der Waals surface area contributed by atoms with Gasteiger partial charge in [-0.25, -0.2) is 0 Å². The van der Waals surface area contributed by atoms with Crippen molar-refractivity contribution in [1.82, 2.24) is 26.2 Å². The summed E-state index contributed by atoms with van der Waals surface area (Å²) in [7, 11) is 0. The van der Waals surface area contributed by atoms with E-state index in [0.717, 1.165) is 13.0 Å². The van der Waals surface area contributed by atoms with Crippen molar-refractivity contribution in [2.45, 2.75) is 84.3 Å². The van der Waals surface area contributed by atoms with Crippen LogP contribution in [-0.4, -0.2) is 78.8 Å². The van der Waals surface area contributed by atoms with Gasteiger partial charge in [-0.1, -0.05) is 46.2 Å². The van der Waals surface area contributed by atoms with E-state index in [1.165, 1.54) is 0 Å². The highest BCUT2D eigenvalue weighted by molar-refractivity contribution is 6.01. The minimum absolute atomic E-state index is 0.114. The molecule has 41 heavy (non-hydrogen) atoms. The van der Waals surface area contributed by atoms with E-state index < -0.39 is 29.8 Å². The molecule has 2 aliphatic heterocycles. The molecule has 226 valence electrons. The maximum atomic E-state index is 13.4. The van der Waals surface area contributed by atoms with Crippen molar-refractivity contribution in [2.24, 2.45) is 11.8 Å². The third kappa shape index (κ3) is 9.47. The number of rotatable bonds is 9. The fourth-order valence-electron chi connectivity index (χ4n) is 5.11. The Labute approximate surface area is 242 Å². The average Bonchev–Trinajstić information content (AvgIpc) is 3.35. The van der Waals surface area contributed by atoms with Crippen molar-refractivity contribution in [3.05, 3.63) is 29.8 Å². The van der Waals surface area contributed by atoms with Crippen LogP contribution >= 0.6 is 0 Å². The molecule has 3 rings (SSSR count). The number of para-hydroxylation sites is 1. The first-order valence-corrected chi connectivity index (χ1v) is 14.8. The Balaban J connectivity index is 1.81. The van der Waals surface area contributed by atoms with Crippen LogP contribution in [0.15, 0.2) is 24.3 Å². The molecule has 1 fully saturated rings. The lowest BCUT2D eigenvalue weighted by Crippen LogP contribution is -2.56. The predicted octanol–water partition coefficient (Wildman–Crippen LogP) is 1.76. The molecule has 0 bridgehead atoms. The average molecular weight is 572 g/mol. The van der Waals surface area contributed by atoms with E-state index >= 15 is 0 Å². The molecule has 4 atom stereocenters. The molecule has 5 amide bonds. The van der Waals surface area contributed by atoms with Crippen LogP contribution in [0.4, 0.5) is 0 Å².